The largest absolute Gasteiger partial charge is 0.353 e. The summed E-state index contributed by atoms with van der Waals surface area (Å²) in [5, 5.41) is 6.02. The molecule has 0 aromatic heterocycles. The highest BCUT2D eigenvalue weighted by atomic mass is 16.2. The van der Waals surface area contributed by atoms with Gasteiger partial charge in [0.2, 0.25) is 11.8 Å². The molecule has 1 aliphatic rings. The predicted octanol–water partition coefficient (Wildman–Crippen LogP) is 1.85. The van der Waals surface area contributed by atoms with Gasteiger partial charge in [-0.25, -0.2) is 0 Å². The van der Waals surface area contributed by atoms with E-state index in [1.165, 1.54) is 0 Å². The summed E-state index contributed by atoms with van der Waals surface area (Å²) in [5.74, 6) is 0.0976. The molecule has 6 nitrogen and oxygen atoms in total. The van der Waals surface area contributed by atoms with Crippen LogP contribution in [0.1, 0.15) is 32.8 Å². The Morgan fingerprint density at radius 1 is 1.12 bits per heavy atom. The van der Waals surface area contributed by atoms with Gasteiger partial charge in [-0.1, -0.05) is 25.1 Å². The average molecular weight is 361 g/mol. The van der Waals surface area contributed by atoms with E-state index in [2.05, 4.69) is 27.4 Å². The van der Waals surface area contributed by atoms with Crippen LogP contribution in [-0.2, 0) is 9.59 Å². The first kappa shape index (κ1) is 20.4. The third-order valence-electron chi connectivity index (χ3n) is 5.12. The van der Waals surface area contributed by atoms with Gasteiger partial charge < -0.3 is 10.6 Å². The molecular weight excluding hydrogens is 328 g/mol. The molecule has 26 heavy (non-hydrogen) atoms. The first-order valence-electron chi connectivity index (χ1n) is 9.53. The normalized spacial score (nSPS) is 18.2. The molecule has 0 radical (unpaired) electrons. The third-order valence-corrected chi connectivity index (χ3v) is 5.12. The first-order valence-corrected chi connectivity index (χ1v) is 9.53. The van der Waals surface area contributed by atoms with Crippen LogP contribution >= 0.6 is 0 Å². The molecule has 144 valence electrons. The number of carbonyl (C=O) groups excluding carboxylic acids is 2. The molecule has 0 bridgehead atoms. The van der Waals surface area contributed by atoms with Crippen molar-refractivity contribution >= 4 is 17.5 Å². The topological polar surface area (TPSA) is 64.7 Å². The highest BCUT2D eigenvalue weighted by molar-refractivity contribution is 5.95. The summed E-state index contributed by atoms with van der Waals surface area (Å²) >= 11 is 0. The fraction of sp³-hybridized carbons (Fsp3) is 0.600. The van der Waals surface area contributed by atoms with Crippen molar-refractivity contribution in [2.75, 3.05) is 38.0 Å². The Bertz CT molecular complexity index is 612. The molecule has 2 amide bonds. The smallest absolute Gasteiger partial charge is 0.241 e. The number of anilines is 1. The molecular formula is C20H32N4O2. The van der Waals surface area contributed by atoms with E-state index in [9.17, 15) is 9.59 Å². The van der Waals surface area contributed by atoms with Crippen LogP contribution in [-0.4, -0.2) is 66.4 Å². The van der Waals surface area contributed by atoms with Gasteiger partial charge in [-0.15, -0.1) is 0 Å². The summed E-state index contributed by atoms with van der Waals surface area (Å²) in [4.78, 5) is 28.9. The van der Waals surface area contributed by atoms with Crippen LogP contribution in [0.5, 0.6) is 0 Å². The summed E-state index contributed by atoms with van der Waals surface area (Å²) in [6.07, 6.45) is 0.938. The Hall–Kier alpha value is -1.92. The van der Waals surface area contributed by atoms with Crippen molar-refractivity contribution < 1.29 is 9.59 Å². The van der Waals surface area contributed by atoms with E-state index >= 15 is 0 Å². The second kappa shape index (κ2) is 9.69. The van der Waals surface area contributed by atoms with E-state index in [0.717, 1.165) is 43.9 Å². The lowest BCUT2D eigenvalue weighted by molar-refractivity contribution is -0.125. The number of nitrogens with zero attached hydrogens (tertiary/aromatic N) is 2. The number of hydrogen-bond donors (Lipinski definition) is 2. The number of para-hydroxylation sites is 1. The predicted molar refractivity (Wildman–Crippen MR) is 105 cm³/mol. The Labute approximate surface area is 156 Å². The Kier molecular flexibility index (Phi) is 7.60. The third kappa shape index (κ3) is 5.81. The maximum absolute atomic E-state index is 12.5. The molecule has 1 aromatic carbocycles. The van der Waals surface area contributed by atoms with Gasteiger partial charge in [0.1, 0.15) is 0 Å². The minimum absolute atomic E-state index is 0.0160. The van der Waals surface area contributed by atoms with Crippen molar-refractivity contribution in [1.29, 1.82) is 0 Å². The molecule has 1 aliphatic heterocycles. The van der Waals surface area contributed by atoms with Gasteiger partial charge in [0.15, 0.2) is 0 Å². The van der Waals surface area contributed by atoms with Crippen LogP contribution in [0.15, 0.2) is 24.3 Å². The van der Waals surface area contributed by atoms with Crippen molar-refractivity contribution in [1.82, 2.24) is 15.1 Å². The van der Waals surface area contributed by atoms with Gasteiger partial charge in [0, 0.05) is 37.9 Å². The minimum Gasteiger partial charge on any atom is -0.353 e. The molecule has 1 fully saturated rings. The summed E-state index contributed by atoms with van der Waals surface area (Å²) in [7, 11) is 0. The van der Waals surface area contributed by atoms with Crippen molar-refractivity contribution in [2.24, 2.45) is 0 Å². The molecule has 1 heterocycles. The highest BCUT2D eigenvalue weighted by Gasteiger charge is 2.26. The van der Waals surface area contributed by atoms with Crippen LogP contribution in [0.3, 0.4) is 0 Å². The molecule has 2 rings (SSSR count). The monoisotopic (exact) mass is 360 g/mol. The van der Waals surface area contributed by atoms with Crippen LogP contribution in [0.4, 0.5) is 5.69 Å². The van der Waals surface area contributed by atoms with Crippen LogP contribution in [0.2, 0.25) is 0 Å². The van der Waals surface area contributed by atoms with Crippen LogP contribution in [0.25, 0.3) is 0 Å². The molecule has 1 saturated heterocycles. The standard InChI is InChI=1S/C20H32N4O2/c1-5-16(3)21-19(25)14-23-10-12-24(13-11-23)17(4)20(26)22-18-9-7-6-8-15(18)2/h6-9,16-17H,5,10-14H2,1-4H3,(H,21,25)(H,22,26). The van der Waals surface area contributed by atoms with E-state index in [0.29, 0.717) is 6.54 Å². The Morgan fingerprint density at radius 2 is 1.77 bits per heavy atom. The van der Waals surface area contributed by atoms with E-state index in [1.54, 1.807) is 0 Å². The summed E-state index contributed by atoms with van der Waals surface area (Å²) in [5.41, 5.74) is 1.93. The molecule has 0 aliphatic carbocycles. The summed E-state index contributed by atoms with van der Waals surface area (Å²) in [6.45, 7) is 11.6. The molecule has 0 saturated carbocycles. The number of carbonyl (C=O) groups is 2. The van der Waals surface area contributed by atoms with Crippen molar-refractivity contribution in [3.63, 3.8) is 0 Å². The van der Waals surface area contributed by atoms with Crippen molar-refractivity contribution in [3.05, 3.63) is 29.8 Å². The summed E-state index contributed by atoms with van der Waals surface area (Å²) in [6, 6.07) is 7.83. The fourth-order valence-corrected chi connectivity index (χ4v) is 3.05. The SMILES string of the molecule is CCC(C)NC(=O)CN1CCN(C(C)C(=O)Nc2ccccc2C)CC1. The average Bonchev–Trinajstić information content (AvgIpc) is 2.63. The number of rotatable bonds is 7. The van der Waals surface area contributed by atoms with Gasteiger partial charge in [-0.2, -0.15) is 0 Å². The number of benzene rings is 1. The van der Waals surface area contributed by atoms with E-state index < -0.39 is 0 Å². The lowest BCUT2D eigenvalue weighted by atomic mass is 10.1. The van der Waals surface area contributed by atoms with E-state index in [4.69, 9.17) is 0 Å². The second-order valence-corrected chi connectivity index (χ2v) is 7.17. The molecule has 1 aromatic rings. The van der Waals surface area contributed by atoms with Crippen molar-refractivity contribution in [2.45, 2.75) is 46.2 Å². The molecule has 6 heteroatoms. The number of nitrogens with one attached hydrogen (secondary N) is 2. The molecule has 2 N–H and O–H groups in total. The lowest BCUT2D eigenvalue weighted by Crippen LogP contribution is -2.54. The van der Waals surface area contributed by atoms with Crippen LogP contribution in [0, 0.1) is 6.92 Å². The van der Waals surface area contributed by atoms with Gasteiger partial charge >= 0.3 is 0 Å². The fourth-order valence-electron chi connectivity index (χ4n) is 3.05. The second-order valence-electron chi connectivity index (χ2n) is 7.17. The van der Waals surface area contributed by atoms with Crippen molar-refractivity contribution in [3.8, 4) is 0 Å². The van der Waals surface area contributed by atoms with Gasteiger partial charge in [0.25, 0.3) is 0 Å². The number of amides is 2. The zero-order chi connectivity index (χ0) is 19.1. The van der Waals surface area contributed by atoms with E-state index in [-0.39, 0.29) is 23.9 Å². The van der Waals surface area contributed by atoms with Crippen LogP contribution < -0.4 is 10.6 Å². The first-order chi connectivity index (χ1) is 12.4. The Morgan fingerprint density at radius 3 is 2.38 bits per heavy atom. The molecule has 2 atom stereocenters. The number of hydrogen-bond acceptors (Lipinski definition) is 4. The lowest BCUT2D eigenvalue weighted by Gasteiger charge is -2.37. The molecule has 2 unspecified atom stereocenters. The van der Waals surface area contributed by atoms with Gasteiger partial charge in [-0.05, 0) is 38.8 Å². The maximum Gasteiger partial charge on any atom is 0.241 e. The molecule has 0 spiro atoms. The highest BCUT2D eigenvalue weighted by Crippen LogP contribution is 2.15. The summed E-state index contributed by atoms with van der Waals surface area (Å²) < 4.78 is 0. The maximum atomic E-state index is 12.5. The number of piperazine rings is 1. The quantitative estimate of drug-likeness (QED) is 0.779. The zero-order valence-electron chi connectivity index (χ0n) is 16.4. The minimum atomic E-state index is -0.189. The van der Waals surface area contributed by atoms with E-state index in [1.807, 2.05) is 45.0 Å². The van der Waals surface area contributed by atoms with Gasteiger partial charge in [-0.3, -0.25) is 19.4 Å². The Balaban J connectivity index is 1.78. The van der Waals surface area contributed by atoms with Gasteiger partial charge in [0.05, 0.1) is 12.6 Å². The number of aryl methyl sites for hydroxylation is 1. The zero-order valence-corrected chi connectivity index (χ0v) is 16.4.